The normalized spacial score (nSPS) is 10.0. The van der Waals surface area contributed by atoms with Crippen molar-refractivity contribution >= 4 is 0 Å². The van der Waals surface area contributed by atoms with E-state index < -0.39 is 0 Å². The Kier molecular flexibility index (Phi) is 43.0. The lowest BCUT2D eigenvalue weighted by molar-refractivity contribution is 0.294. The Balaban J connectivity index is -0.000000603. The molecule has 27 heavy (non-hydrogen) atoms. The van der Waals surface area contributed by atoms with Crippen LogP contribution in [0.2, 0.25) is 0 Å². The van der Waals surface area contributed by atoms with Crippen LogP contribution < -0.4 is 5.73 Å². The van der Waals surface area contributed by atoms with Crippen LogP contribution >= 0.6 is 0 Å². The molecule has 0 rings (SSSR count). The molecule has 168 valence electrons. The molecule has 0 fully saturated rings. The molecule has 0 amide bonds. The smallest absolute Gasteiger partial charge is 0.0428 e. The molecular formula is C24H55NO2. The molecule has 0 atom stereocenters. The Morgan fingerprint density at radius 1 is 0.407 bits per heavy atom. The van der Waals surface area contributed by atoms with Gasteiger partial charge in [0.15, 0.2) is 0 Å². The maximum Gasteiger partial charge on any atom is 0.0428 e. The molecule has 0 saturated carbocycles. The molecule has 0 aliphatic heterocycles. The van der Waals surface area contributed by atoms with Gasteiger partial charge in [0.2, 0.25) is 0 Å². The molecule has 0 bridgehead atoms. The quantitative estimate of drug-likeness (QED) is 0.221. The van der Waals surface area contributed by atoms with Gasteiger partial charge in [-0.2, -0.15) is 0 Å². The third-order valence-corrected chi connectivity index (χ3v) is 4.50. The lowest BCUT2D eigenvalue weighted by Crippen LogP contribution is -1.97. The summed E-state index contributed by atoms with van der Waals surface area (Å²) in [6, 6.07) is 0. The maximum absolute atomic E-state index is 7.88. The van der Waals surface area contributed by atoms with Crippen LogP contribution in [0.5, 0.6) is 0 Å². The summed E-state index contributed by atoms with van der Waals surface area (Å²) in [4.78, 5) is 0. The van der Waals surface area contributed by atoms with Crippen LogP contribution in [0.3, 0.4) is 0 Å². The van der Waals surface area contributed by atoms with Crippen molar-refractivity contribution in [1.29, 1.82) is 0 Å². The van der Waals surface area contributed by atoms with Crippen molar-refractivity contribution in [2.75, 3.05) is 19.8 Å². The molecule has 0 saturated heterocycles. The fourth-order valence-electron chi connectivity index (χ4n) is 2.69. The van der Waals surface area contributed by atoms with Crippen LogP contribution in [0.1, 0.15) is 136 Å². The highest BCUT2D eigenvalue weighted by Crippen LogP contribution is 2.13. The molecule has 0 aliphatic rings. The molecule has 0 aromatic rings. The average molecular weight is 390 g/mol. The zero-order chi connectivity index (χ0) is 20.8. The Morgan fingerprint density at radius 2 is 0.630 bits per heavy atom. The lowest BCUT2D eigenvalue weighted by atomic mass is 10.0. The van der Waals surface area contributed by atoms with Gasteiger partial charge in [-0.1, -0.05) is 117 Å². The first kappa shape index (κ1) is 31.6. The molecule has 0 spiro atoms. The SMILES string of the molecule is CCCCCCCCCCCCCCCCCCN.CCCO.CCCO. The van der Waals surface area contributed by atoms with Crippen molar-refractivity contribution in [3.05, 3.63) is 0 Å². The summed E-state index contributed by atoms with van der Waals surface area (Å²) in [6.07, 6.45) is 24.6. The van der Waals surface area contributed by atoms with Crippen LogP contribution in [-0.4, -0.2) is 30.0 Å². The second kappa shape index (κ2) is 36.7. The van der Waals surface area contributed by atoms with Gasteiger partial charge in [-0.15, -0.1) is 0 Å². The van der Waals surface area contributed by atoms with Crippen molar-refractivity contribution in [3.63, 3.8) is 0 Å². The minimum atomic E-state index is 0.319. The van der Waals surface area contributed by atoms with Gasteiger partial charge in [0.1, 0.15) is 0 Å². The molecule has 0 unspecified atom stereocenters. The monoisotopic (exact) mass is 389 g/mol. The fraction of sp³-hybridized carbons (Fsp3) is 1.00. The van der Waals surface area contributed by atoms with Gasteiger partial charge in [-0.05, 0) is 25.8 Å². The highest BCUT2D eigenvalue weighted by molar-refractivity contribution is 4.50. The molecule has 4 N–H and O–H groups in total. The second-order valence-corrected chi connectivity index (χ2v) is 7.54. The summed E-state index contributed by atoms with van der Waals surface area (Å²) >= 11 is 0. The third kappa shape index (κ3) is 46.2. The van der Waals surface area contributed by atoms with E-state index in [4.69, 9.17) is 15.9 Å². The molecule has 0 aliphatic carbocycles. The second-order valence-electron chi connectivity index (χ2n) is 7.54. The minimum Gasteiger partial charge on any atom is -0.396 e. The van der Waals surface area contributed by atoms with E-state index in [0.29, 0.717) is 13.2 Å². The maximum atomic E-state index is 7.88. The van der Waals surface area contributed by atoms with Gasteiger partial charge in [0, 0.05) is 13.2 Å². The van der Waals surface area contributed by atoms with E-state index in [9.17, 15) is 0 Å². The van der Waals surface area contributed by atoms with Gasteiger partial charge in [0.05, 0.1) is 0 Å². The fourth-order valence-corrected chi connectivity index (χ4v) is 2.69. The van der Waals surface area contributed by atoms with Crippen LogP contribution in [0.25, 0.3) is 0 Å². The van der Waals surface area contributed by atoms with Crippen molar-refractivity contribution in [2.45, 2.75) is 136 Å². The van der Waals surface area contributed by atoms with Crippen LogP contribution in [0.15, 0.2) is 0 Å². The lowest BCUT2D eigenvalue weighted by Gasteiger charge is -2.03. The standard InChI is InChI=1S/C18H39N.2C3H8O/c1-2-3-4-5-6-7-8-9-10-11-12-13-14-15-16-17-18-19;2*1-2-3-4/h2-19H2,1H3;2*4H,2-3H2,1H3. The van der Waals surface area contributed by atoms with E-state index >= 15 is 0 Å². The minimum absolute atomic E-state index is 0.319. The predicted molar refractivity (Wildman–Crippen MR) is 123 cm³/mol. The van der Waals surface area contributed by atoms with E-state index in [0.717, 1.165) is 19.4 Å². The van der Waals surface area contributed by atoms with Crippen molar-refractivity contribution in [3.8, 4) is 0 Å². The van der Waals surface area contributed by atoms with Crippen LogP contribution in [0.4, 0.5) is 0 Å². The predicted octanol–water partition coefficient (Wildman–Crippen LogP) is 6.98. The van der Waals surface area contributed by atoms with E-state index in [2.05, 4.69) is 6.92 Å². The molecule has 0 heterocycles. The number of aliphatic hydroxyl groups is 2. The Morgan fingerprint density at radius 3 is 0.815 bits per heavy atom. The topological polar surface area (TPSA) is 66.5 Å². The summed E-state index contributed by atoms with van der Waals surface area (Å²) in [6.45, 7) is 7.66. The van der Waals surface area contributed by atoms with E-state index in [-0.39, 0.29) is 0 Å². The number of hydrogen-bond acceptors (Lipinski definition) is 3. The largest absolute Gasteiger partial charge is 0.396 e. The van der Waals surface area contributed by atoms with E-state index in [1.807, 2.05) is 13.8 Å². The summed E-state index contributed by atoms with van der Waals surface area (Å²) in [5.74, 6) is 0. The van der Waals surface area contributed by atoms with E-state index in [1.54, 1.807) is 0 Å². The molecule has 3 heteroatoms. The van der Waals surface area contributed by atoms with Crippen molar-refractivity contribution in [1.82, 2.24) is 0 Å². The first-order valence-corrected chi connectivity index (χ1v) is 12.2. The number of nitrogens with two attached hydrogens (primary N) is 1. The van der Waals surface area contributed by atoms with E-state index in [1.165, 1.54) is 103 Å². The van der Waals surface area contributed by atoms with Crippen molar-refractivity contribution < 1.29 is 10.2 Å². The highest BCUT2D eigenvalue weighted by Gasteiger charge is 1.94. The summed E-state index contributed by atoms with van der Waals surface area (Å²) in [7, 11) is 0. The first-order chi connectivity index (χ1) is 13.2. The zero-order valence-corrected chi connectivity index (χ0v) is 19.3. The first-order valence-electron chi connectivity index (χ1n) is 12.2. The average Bonchev–Trinajstić information content (AvgIpc) is 2.71. The Bertz CT molecular complexity index is 177. The van der Waals surface area contributed by atoms with Gasteiger partial charge in [-0.3, -0.25) is 0 Å². The summed E-state index contributed by atoms with van der Waals surface area (Å²) in [5.41, 5.74) is 5.48. The number of hydrogen-bond donors (Lipinski definition) is 3. The third-order valence-electron chi connectivity index (χ3n) is 4.50. The molecule has 0 aromatic heterocycles. The van der Waals surface area contributed by atoms with Gasteiger partial charge < -0.3 is 15.9 Å². The zero-order valence-electron chi connectivity index (χ0n) is 19.3. The Hall–Kier alpha value is -0.120. The number of rotatable bonds is 18. The van der Waals surface area contributed by atoms with Crippen LogP contribution in [-0.2, 0) is 0 Å². The number of unbranched alkanes of at least 4 members (excludes halogenated alkanes) is 15. The summed E-state index contributed by atoms with van der Waals surface area (Å²) < 4.78 is 0. The molecule has 3 nitrogen and oxygen atoms in total. The van der Waals surface area contributed by atoms with Gasteiger partial charge in [0.25, 0.3) is 0 Å². The number of aliphatic hydroxyl groups excluding tert-OH is 2. The Labute approximate surface area is 172 Å². The highest BCUT2D eigenvalue weighted by atomic mass is 16.3. The molecular weight excluding hydrogens is 334 g/mol. The van der Waals surface area contributed by atoms with Gasteiger partial charge in [-0.25, -0.2) is 0 Å². The summed E-state index contributed by atoms with van der Waals surface area (Å²) in [5, 5.41) is 15.8. The van der Waals surface area contributed by atoms with Crippen LogP contribution in [0, 0.1) is 0 Å². The molecule has 0 aromatic carbocycles. The van der Waals surface area contributed by atoms with Crippen molar-refractivity contribution in [2.24, 2.45) is 5.73 Å². The molecule has 0 radical (unpaired) electrons. The van der Waals surface area contributed by atoms with Gasteiger partial charge >= 0.3 is 0 Å².